The van der Waals surface area contributed by atoms with E-state index in [-0.39, 0.29) is 22.2 Å². The third-order valence-electron chi connectivity index (χ3n) is 16.2. The first-order valence-electron chi connectivity index (χ1n) is 19.8. The normalized spacial score (nSPS) is 43.8. The summed E-state index contributed by atoms with van der Waals surface area (Å²) in [6.45, 7) is 21.0. The number of carboxylic acids is 1. The number of unbranched alkanes of at least 4 members (excludes halogenated alkanes) is 9. The third kappa shape index (κ3) is 5.92. The van der Waals surface area contributed by atoms with Crippen LogP contribution in [0.25, 0.3) is 0 Å². The lowest BCUT2D eigenvalue weighted by Gasteiger charge is -2.71. The Bertz CT molecular complexity index is 1060. The number of carbonyl (C=O) groups is 1. The maximum Gasteiger partial charge on any atom is 0.310 e. The highest BCUT2D eigenvalue weighted by molar-refractivity contribution is 5.76. The van der Waals surface area contributed by atoms with Crippen molar-refractivity contribution in [1.29, 1.82) is 0 Å². The molecule has 5 aliphatic carbocycles. The van der Waals surface area contributed by atoms with Gasteiger partial charge in [0.25, 0.3) is 0 Å². The molecule has 10 atom stereocenters. The molecule has 5 rings (SSSR count). The molecule has 0 aromatic carbocycles. The van der Waals surface area contributed by atoms with Gasteiger partial charge in [0.05, 0.1) is 11.5 Å². The Morgan fingerprint density at radius 1 is 0.800 bits per heavy atom. The fraction of sp³-hybridized carbons (Fsp3) is 0.929. The second kappa shape index (κ2) is 13.6. The van der Waals surface area contributed by atoms with Crippen molar-refractivity contribution < 1.29 is 14.6 Å². The van der Waals surface area contributed by atoms with Crippen LogP contribution in [0.3, 0.4) is 0 Å². The molecule has 4 saturated carbocycles. The molecule has 0 radical (unpaired) electrons. The van der Waals surface area contributed by atoms with Crippen molar-refractivity contribution in [2.45, 2.75) is 183 Å². The quantitative estimate of drug-likeness (QED) is 0.164. The topological polar surface area (TPSA) is 46.5 Å². The van der Waals surface area contributed by atoms with E-state index in [0.717, 1.165) is 38.7 Å². The van der Waals surface area contributed by atoms with Gasteiger partial charge in [-0.15, -0.1) is 0 Å². The minimum atomic E-state index is -0.548. The van der Waals surface area contributed by atoms with E-state index in [0.29, 0.717) is 35.2 Å². The van der Waals surface area contributed by atoms with Crippen molar-refractivity contribution in [3.8, 4) is 0 Å². The first kappa shape index (κ1) is 35.5. The van der Waals surface area contributed by atoms with Crippen LogP contribution in [0.2, 0.25) is 0 Å². The molecular formula is C42H72O3. The van der Waals surface area contributed by atoms with Crippen molar-refractivity contribution >= 4 is 5.97 Å². The molecule has 0 aromatic rings. The Balaban J connectivity index is 1.24. The minimum absolute atomic E-state index is 0.103. The molecule has 0 spiro atoms. The fourth-order valence-corrected chi connectivity index (χ4v) is 12.9. The zero-order valence-corrected chi connectivity index (χ0v) is 30.9. The first-order valence-corrected chi connectivity index (χ1v) is 19.8. The lowest BCUT2D eigenvalue weighted by molar-refractivity contribution is -0.213. The van der Waals surface area contributed by atoms with E-state index < -0.39 is 11.4 Å². The summed E-state index contributed by atoms with van der Waals surface area (Å²) < 4.78 is 6.78. The summed E-state index contributed by atoms with van der Waals surface area (Å²) in [6.07, 6.45) is 26.7. The van der Waals surface area contributed by atoms with Crippen LogP contribution < -0.4 is 0 Å². The van der Waals surface area contributed by atoms with Crippen molar-refractivity contribution in [3.05, 3.63) is 11.6 Å². The van der Waals surface area contributed by atoms with Crippen LogP contribution >= 0.6 is 0 Å². The van der Waals surface area contributed by atoms with Crippen molar-refractivity contribution in [2.24, 2.45) is 56.7 Å². The van der Waals surface area contributed by atoms with Crippen LogP contribution in [0, 0.1) is 56.7 Å². The van der Waals surface area contributed by atoms with E-state index in [4.69, 9.17) is 4.74 Å². The molecule has 0 bridgehead atoms. The first-order chi connectivity index (χ1) is 21.3. The van der Waals surface area contributed by atoms with Crippen LogP contribution in [0.1, 0.15) is 177 Å². The minimum Gasteiger partial charge on any atom is -0.481 e. The number of hydrogen-bond donors (Lipinski definition) is 1. The van der Waals surface area contributed by atoms with Crippen molar-refractivity contribution in [2.75, 3.05) is 6.61 Å². The van der Waals surface area contributed by atoms with Gasteiger partial charge in [0, 0.05) is 6.61 Å². The smallest absolute Gasteiger partial charge is 0.310 e. The lowest BCUT2D eigenvalue weighted by Crippen LogP contribution is -2.65. The highest BCUT2D eigenvalue weighted by Gasteiger charge is 2.69. The number of hydrogen-bond acceptors (Lipinski definition) is 2. The fourth-order valence-electron chi connectivity index (χ4n) is 12.9. The summed E-state index contributed by atoms with van der Waals surface area (Å²) in [6, 6.07) is 0. The Kier molecular flexibility index (Phi) is 10.7. The maximum atomic E-state index is 13.0. The molecule has 3 nitrogen and oxygen atoms in total. The Hall–Kier alpha value is -0.830. The standard InChI is InChI=1S/C42H72O3/c1-9-10-11-12-13-14-15-16-17-18-29-45-35-23-24-39(6)33(38(35,4)5)22-25-41(8)34(39)20-19-32-36-31(3)30(2)21-26-42(36,37(43)44)28-27-40(32,41)7/h19,30-31,33-36H,9-18,20-29H2,1-8H3,(H,43,44)/t30-,31+,33?,34-,35+,36+,39+,40-,41-,42+/m1/s1. The van der Waals surface area contributed by atoms with E-state index >= 15 is 0 Å². The molecule has 0 saturated heterocycles. The predicted octanol–water partition coefficient (Wildman–Crippen LogP) is 12.0. The molecule has 258 valence electrons. The highest BCUT2D eigenvalue weighted by atomic mass is 16.5. The second-order valence-electron chi connectivity index (χ2n) is 18.5. The van der Waals surface area contributed by atoms with Crippen LogP contribution in [-0.2, 0) is 9.53 Å². The van der Waals surface area contributed by atoms with Gasteiger partial charge >= 0.3 is 5.97 Å². The molecule has 0 heterocycles. The molecular weight excluding hydrogens is 552 g/mol. The molecule has 0 aliphatic heterocycles. The SMILES string of the molecule is CCCCCCCCCCCCO[C@H]1CC[C@@]2(C)C(CC[C@]3(C)[C@@H]2CC=C2[C@@H]4[C@@H](C)[C@H](C)CC[C@]4(C(=O)O)CC[C@]23C)C1(C)C. The maximum absolute atomic E-state index is 13.0. The van der Waals surface area contributed by atoms with Gasteiger partial charge < -0.3 is 9.84 Å². The molecule has 5 aliphatic rings. The summed E-state index contributed by atoms with van der Waals surface area (Å²) in [5.74, 6) is 2.06. The average Bonchev–Trinajstić information content (AvgIpc) is 2.98. The molecule has 45 heavy (non-hydrogen) atoms. The van der Waals surface area contributed by atoms with E-state index in [9.17, 15) is 9.90 Å². The number of ether oxygens (including phenoxy) is 1. The van der Waals surface area contributed by atoms with Crippen molar-refractivity contribution in [3.63, 3.8) is 0 Å². The predicted molar refractivity (Wildman–Crippen MR) is 188 cm³/mol. The van der Waals surface area contributed by atoms with Crippen LogP contribution in [-0.4, -0.2) is 23.8 Å². The van der Waals surface area contributed by atoms with Gasteiger partial charge in [0.15, 0.2) is 0 Å². The van der Waals surface area contributed by atoms with E-state index in [1.54, 1.807) is 5.57 Å². The van der Waals surface area contributed by atoms with Crippen LogP contribution in [0.15, 0.2) is 11.6 Å². The largest absolute Gasteiger partial charge is 0.481 e. The number of rotatable bonds is 13. The Morgan fingerprint density at radius 3 is 2.09 bits per heavy atom. The van der Waals surface area contributed by atoms with Gasteiger partial charge in [-0.3, -0.25) is 4.79 Å². The summed E-state index contributed by atoms with van der Waals surface area (Å²) in [4.78, 5) is 13.0. The number of allylic oxidation sites excluding steroid dienone is 2. The summed E-state index contributed by atoms with van der Waals surface area (Å²) in [7, 11) is 0. The van der Waals surface area contributed by atoms with Gasteiger partial charge in [-0.1, -0.05) is 125 Å². The van der Waals surface area contributed by atoms with Crippen molar-refractivity contribution in [1.82, 2.24) is 0 Å². The van der Waals surface area contributed by atoms with Gasteiger partial charge in [-0.05, 0) is 115 Å². The number of aliphatic carboxylic acids is 1. The van der Waals surface area contributed by atoms with E-state index in [1.807, 2.05) is 0 Å². The molecule has 0 amide bonds. The summed E-state index contributed by atoms with van der Waals surface area (Å²) in [5, 5.41) is 10.7. The summed E-state index contributed by atoms with van der Waals surface area (Å²) in [5.41, 5.74) is 1.84. The van der Waals surface area contributed by atoms with Gasteiger partial charge in [-0.2, -0.15) is 0 Å². The van der Waals surface area contributed by atoms with E-state index in [2.05, 4.69) is 61.5 Å². The molecule has 0 aromatic heterocycles. The summed E-state index contributed by atoms with van der Waals surface area (Å²) >= 11 is 0. The molecule has 1 unspecified atom stereocenters. The average molecular weight is 625 g/mol. The third-order valence-corrected chi connectivity index (χ3v) is 16.2. The Morgan fingerprint density at radius 2 is 1.44 bits per heavy atom. The molecule has 1 N–H and O–H groups in total. The molecule has 4 fully saturated rings. The van der Waals surface area contributed by atoms with Crippen LogP contribution in [0.4, 0.5) is 0 Å². The zero-order chi connectivity index (χ0) is 32.7. The lowest BCUT2D eigenvalue weighted by atomic mass is 9.33. The van der Waals surface area contributed by atoms with Gasteiger partial charge in [0.2, 0.25) is 0 Å². The monoisotopic (exact) mass is 625 g/mol. The highest BCUT2D eigenvalue weighted by Crippen LogP contribution is 2.75. The second-order valence-corrected chi connectivity index (χ2v) is 18.5. The number of carboxylic acid groups (broad SMARTS) is 1. The Labute approximate surface area is 278 Å². The zero-order valence-electron chi connectivity index (χ0n) is 30.9. The van der Waals surface area contributed by atoms with Crippen LogP contribution in [0.5, 0.6) is 0 Å². The van der Waals surface area contributed by atoms with Gasteiger partial charge in [-0.25, -0.2) is 0 Å². The van der Waals surface area contributed by atoms with Gasteiger partial charge in [0.1, 0.15) is 0 Å². The molecule has 3 heteroatoms. The van der Waals surface area contributed by atoms with E-state index in [1.165, 1.54) is 89.9 Å². The number of fused-ring (bicyclic) bond motifs is 7.